The third-order valence-corrected chi connectivity index (χ3v) is 5.31. The quantitative estimate of drug-likeness (QED) is 0.337. The molecule has 0 N–H and O–H groups in total. The molecule has 0 aliphatic carbocycles. The van der Waals surface area contributed by atoms with E-state index in [2.05, 4.69) is 0 Å². The van der Waals surface area contributed by atoms with Gasteiger partial charge in [-0.1, -0.05) is 23.8 Å². The van der Waals surface area contributed by atoms with Crippen LogP contribution < -0.4 is 16.0 Å². The molecule has 0 saturated carbocycles. The minimum Gasteiger partial charge on any atom is -0.450 e. The summed E-state index contributed by atoms with van der Waals surface area (Å²) in [4.78, 5) is 37.0. The van der Waals surface area contributed by atoms with Crippen molar-refractivity contribution in [1.82, 2.24) is 0 Å². The van der Waals surface area contributed by atoms with Crippen molar-refractivity contribution in [3.63, 3.8) is 0 Å². The molecular weight excluding hydrogens is 412 g/mol. The molecule has 0 fully saturated rings. The summed E-state index contributed by atoms with van der Waals surface area (Å²) >= 11 is 0. The Hall–Kier alpha value is -4.13. The third-order valence-electron chi connectivity index (χ3n) is 5.31. The van der Waals surface area contributed by atoms with E-state index < -0.39 is 23.5 Å². The number of aryl methyl sites for hydroxylation is 2. The van der Waals surface area contributed by atoms with Gasteiger partial charge in [0.2, 0.25) is 0 Å². The summed E-state index contributed by atoms with van der Waals surface area (Å²) in [5.74, 6) is 0.148. The summed E-state index contributed by atoms with van der Waals surface area (Å²) in [6, 6.07) is 13.6. The predicted molar refractivity (Wildman–Crippen MR) is 117 cm³/mol. The van der Waals surface area contributed by atoms with Gasteiger partial charge in [0.25, 0.3) is 6.29 Å². The Morgan fingerprint density at radius 1 is 0.875 bits per heavy atom. The summed E-state index contributed by atoms with van der Waals surface area (Å²) in [5, 5.41) is 0.583. The molecule has 1 atom stereocenters. The molecule has 1 unspecified atom stereocenters. The Balaban J connectivity index is 1.80. The van der Waals surface area contributed by atoms with Gasteiger partial charge in [-0.25, -0.2) is 9.59 Å². The molecule has 0 amide bonds. The van der Waals surface area contributed by atoms with Gasteiger partial charge in [0.1, 0.15) is 11.3 Å². The van der Waals surface area contributed by atoms with Gasteiger partial charge in [0.05, 0.1) is 16.7 Å². The second kappa shape index (κ2) is 7.23. The molecule has 3 heterocycles. The highest BCUT2D eigenvalue weighted by Crippen LogP contribution is 2.44. The van der Waals surface area contributed by atoms with Crippen molar-refractivity contribution in [3.8, 4) is 28.2 Å². The van der Waals surface area contributed by atoms with Crippen molar-refractivity contribution < 1.29 is 23.1 Å². The van der Waals surface area contributed by atoms with Crippen molar-refractivity contribution in [2.75, 3.05) is 0 Å². The molecule has 0 saturated heterocycles. The number of fused-ring (bicyclic) bond motifs is 4. The number of ether oxygens (including phenoxy) is 2. The van der Waals surface area contributed by atoms with Crippen LogP contribution in [-0.4, -0.2) is 5.97 Å². The van der Waals surface area contributed by atoms with Gasteiger partial charge in [0, 0.05) is 23.9 Å². The van der Waals surface area contributed by atoms with Crippen LogP contribution in [0.1, 0.15) is 29.9 Å². The fourth-order valence-electron chi connectivity index (χ4n) is 3.89. The first kappa shape index (κ1) is 19.8. The van der Waals surface area contributed by atoms with Gasteiger partial charge in [-0.05, 0) is 43.7 Å². The molecule has 1 aliphatic heterocycles. The molecule has 4 aromatic rings. The molecular formula is C25H18O7. The summed E-state index contributed by atoms with van der Waals surface area (Å²) in [6.45, 7) is 5.05. The number of esters is 1. The Bertz CT molecular complexity index is 1520. The van der Waals surface area contributed by atoms with E-state index in [1.807, 2.05) is 32.0 Å². The Morgan fingerprint density at radius 2 is 1.62 bits per heavy atom. The standard InChI is InChI=1S/C25H18O7/c1-12-5-7-20-18(8-12)23-19(25(31-20)29-14(3)26)10-17(24(28)32-23)16-11-22(27)30-21-9-13(2)4-6-15(16)21/h4-11,25H,1-3H3. The van der Waals surface area contributed by atoms with E-state index in [0.29, 0.717) is 33.4 Å². The molecule has 2 aromatic carbocycles. The zero-order valence-corrected chi connectivity index (χ0v) is 17.6. The second-order valence-corrected chi connectivity index (χ2v) is 7.77. The van der Waals surface area contributed by atoms with Gasteiger partial charge in [0.15, 0.2) is 5.76 Å². The monoisotopic (exact) mass is 430 g/mol. The Labute approximate surface area is 181 Å². The zero-order chi connectivity index (χ0) is 22.6. The fraction of sp³-hybridized carbons (Fsp3) is 0.160. The molecule has 32 heavy (non-hydrogen) atoms. The minimum absolute atomic E-state index is 0.141. The number of hydrogen-bond acceptors (Lipinski definition) is 7. The van der Waals surface area contributed by atoms with Gasteiger partial charge in [-0.15, -0.1) is 0 Å². The third kappa shape index (κ3) is 3.28. The first-order chi connectivity index (χ1) is 15.3. The van der Waals surface area contributed by atoms with Crippen LogP contribution in [0.15, 0.2) is 67.0 Å². The molecule has 7 heteroatoms. The average Bonchev–Trinajstić information content (AvgIpc) is 2.72. The van der Waals surface area contributed by atoms with Gasteiger partial charge < -0.3 is 18.3 Å². The summed E-state index contributed by atoms with van der Waals surface area (Å²) in [5.41, 5.74) is 2.45. The summed E-state index contributed by atoms with van der Waals surface area (Å²) in [7, 11) is 0. The maximum absolute atomic E-state index is 13.1. The van der Waals surface area contributed by atoms with Crippen LogP contribution in [0.25, 0.3) is 33.4 Å². The van der Waals surface area contributed by atoms with Crippen molar-refractivity contribution in [2.45, 2.75) is 27.1 Å². The molecule has 0 bridgehead atoms. The number of benzene rings is 2. The van der Waals surface area contributed by atoms with Crippen LogP contribution in [0.3, 0.4) is 0 Å². The van der Waals surface area contributed by atoms with Crippen molar-refractivity contribution in [3.05, 3.63) is 86.1 Å². The van der Waals surface area contributed by atoms with E-state index in [4.69, 9.17) is 18.3 Å². The van der Waals surface area contributed by atoms with Crippen molar-refractivity contribution in [1.29, 1.82) is 0 Å². The van der Waals surface area contributed by atoms with E-state index >= 15 is 0 Å². The van der Waals surface area contributed by atoms with E-state index in [-0.39, 0.29) is 11.3 Å². The average molecular weight is 430 g/mol. The topological polar surface area (TPSA) is 96.0 Å². The minimum atomic E-state index is -1.10. The maximum atomic E-state index is 13.1. The molecule has 5 rings (SSSR count). The molecule has 2 aromatic heterocycles. The first-order valence-electron chi connectivity index (χ1n) is 9.98. The lowest BCUT2D eigenvalue weighted by molar-refractivity contribution is -0.162. The number of hydrogen-bond donors (Lipinski definition) is 0. The van der Waals surface area contributed by atoms with Crippen LogP contribution in [0.5, 0.6) is 5.75 Å². The molecule has 0 radical (unpaired) electrons. The highest BCUT2D eigenvalue weighted by molar-refractivity contribution is 5.93. The van der Waals surface area contributed by atoms with Crippen LogP contribution in [0, 0.1) is 13.8 Å². The highest BCUT2D eigenvalue weighted by Gasteiger charge is 2.32. The van der Waals surface area contributed by atoms with E-state index in [9.17, 15) is 14.4 Å². The first-order valence-corrected chi connectivity index (χ1v) is 9.98. The van der Waals surface area contributed by atoms with Crippen LogP contribution in [0.2, 0.25) is 0 Å². The van der Waals surface area contributed by atoms with Crippen LogP contribution in [0.4, 0.5) is 0 Å². The number of rotatable bonds is 2. The Kier molecular flexibility index (Phi) is 4.48. The fourth-order valence-corrected chi connectivity index (χ4v) is 3.89. The second-order valence-electron chi connectivity index (χ2n) is 7.77. The smallest absolute Gasteiger partial charge is 0.344 e. The van der Waals surface area contributed by atoms with Gasteiger partial charge in [-0.2, -0.15) is 0 Å². The molecule has 1 aliphatic rings. The normalized spacial score (nSPS) is 14.4. The lowest BCUT2D eigenvalue weighted by atomic mass is 9.97. The lowest BCUT2D eigenvalue weighted by Crippen LogP contribution is -2.21. The summed E-state index contributed by atoms with van der Waals surface area (Å²) in [6.07, 6.45) is -1.10. The van der Waals surface area contributed by atoms with Crippen LogP contribution in [-0.2, 0) is 9.53 Å². The summed E-state index contributed by atoms with van der Waals surface area (Å²) < 4.78 is 22.3. The number of carbonyl (C=O) groups excluding carboxylic acids is 1. The SMILES string of the molecule is CC(=O)OC1Oc2ccc(C)cc2-c2oc(=O)c(-c3cc(=O)oc4cc(C)ccc34)cc21. The lowest BCUT2D eigenvalue weighted by Gasteiger charge is -2.27. The highest BCUT2D eigenvalue weighted by atomic mass is 16.7. The predicted octanol–water partition coefficient (Wildman–Crippen LogP) is 4.65. The van der Waals surface area contributed by atoms with E-state index in [0.717, 1.165) is 11.1 Å². The molecule has 7 nitrogen and oxygen atoms in total. The van der Waals surface area contributed by atoms with Gasteiger partial charge in [-0.3, -0.25) is 4.79 Å². The van der Waals surface area contributed by atoms with Gasteiger partial charge >= 0.3 is 17.2 Å². The maximum Gasteiger partial charge on any atom is 0.344 e. The van der Waals surface area contributed by atoms with E-state index in [1.165, 1.54) is 13.0 Å². The molecule has 160 valence electrons. The van der Waals surface area contributed by atoms with Crippen molar-refractivity contribution in [2.24, 2.45) is 0 Å². The Morgan fingerprint density at radius 3 is 2.41 bits per heavy atom. The van der Waals surface area contributed by atoms with Crippen LogP contribution >= 0.6 is 0 Å². The zero-order valence-electron chi connectivity index (χ0n) is 17.6. The molecule has 0 spiro atoms. The van der Waals surface area contributed by atoms with Crippen molar-refractivity contribution >= 4 is 16.9 Å². The van der Waals surface area contributed by atoms with E-state index in [1.54, 1.807) is 24.3 Å². The largest absolute Gasteiger partial charge is 0.450 e. The number of carbonyl (C=O) groups is 1.